The summed E-state index contributed by atoms with van der Waals surface area (Å²) in [5, 5.41) is 12.4. The molecular formula is C20H19ClN2O3. The predicted molar refractivity (Wildman–Crippen MR) is 103 cm³/mol. The average Bonchev–Trinajstić information content (AvgIpc) is 2.61. The molecule has 0 radical (unpaired) electrons. The number of rotatable bonds is 6. The Balaban J connectivity index is 2.32. The van der Waals surface area contributed by atoms with Gasteiger partial charge in [-0.05, 0) is 55.3 Å². The normalized spacial score (nSPS) is 10.8. The van der Waals surface area contributed by atoms with Crippen LogP contribution in [0.15, 0.2) is 42.0 Å². The van der Waals surface area contributed by atoms with Gasteiger partial charge in [0.25, 0.3) is 5.91 Å². The molecule has 2 aromatic carbocycles. The van der Waals surface area contributed by atoms with E-state index >= 15 is 0 Å². The molecule has 26 heavy (non-hydrogen) atoms. The molecule has 5 nitrogen and oxygen atoms in total. The van der Waals surface area contributed by atoms with Crippen LogP contribution < -0.4 is 14.8 Å². The van der Waals surface area contributed by atoms with Crippen molar-refractivity contribution in [3.63, 3.8) is 0 Å². The van der Waals surface area contributed by atoms with Gasteiger partial charge in [0.05, 0.1) is 18.7 Å². The molecule has 2 aromatic rings. The number of benzene rings is 2. The van der Waals surface area contributed by atoms with Gasteiger partial charge in [0.1, 0.15) is 11.6 Å². The first-order valence-electron chi connectivity index (χ1n) is 7.98. The van der Waals surface area contributed by atoms with Crippen LogP contribution in [0.4, 0.5) is 5.69 Å². The number of nitriles is 1. The van der Waals surface area contributed by atoms with Crippen molar-refractivity contribution in [1.82, 2.24) is 0 Å². The summed E-state index contributed by atoms with van der Waals surface area (Å²) >= 11 is 6.23. The molecule has 0 aliphatic rings. The van der Waals surface area contributed by atoms with E-state index in [1.165, 1.54) is 13.2 Å². The van der Waals surface area contributed by atoms with E-state index in [9.17, 15) is 10.1 Å². The molecule has 2 rings (SSSR count). The molecule has 0 heterocycles. The lowest BCUT2D eigenvalue weighted by Crippen LogP contribution is -2.13. The molecule has 0 bridgehead atoms. The highest BCUT2D eigenvalue weighted by Gasteiger charge is 2.14. The summed E-state index contributed by atoms with van der Waals surface area (Å²) in [4.78, 5) is 12.4. The summed E-state index contributed by atoms with van der Waals surface area (Å²) < 4.78 is 10.7. The highest BCUT2D eigenvalue weighted by atomic mass is 35.5. The van der Waals surface area contributed by atoms with Gasteiger partial charge in [-0.3, -0.25) is 4.79 Å². The number of carbonyl (C=O) groups is 1. The van der Waals surface area contributed by atoms with Gasteiger partial charge < -0.3 is 14.8 Å². The molecule has 0 spiro atoms. The second-order valence-electron chi connectivity index (χ2n) is 5.46. The Morgan fingerprint density at radius 1 is 1.35 bits per heavy atom. The third kappa shape index (κ3) is 4.78. The number of anilines is 1. The van der Waals surface area contributed by atoms with Crippen molar-refractivity contribution < 1.29 is 14.3 Å². The Morgan fingerprint density at radius 3 is 2.73 bits per heavy atom. The minimum absolute atomic E-state index is 0.0474. The van der Waals surface area contributed by atoms with Crippen LogP contribution >= 0.6 is 11.6 Å². The molecule has 1 amide bonds. The lowest BCUT2D eigenvalue weighted by Gasteiger charge is -2.12. The lowest BCUT2D eigenvalue weighted by molar-refractivity contribution is -0.112. The van der Waals surface area contributed by atoms with Crippen LogP contribution in [-0.4, -0.2) is 19.6 Å². The zero-order valence-electron chi connectivity index (χ0n) is 14.8. The van der Waals surface area contributed by atoms with Crippen molar-refractivity contribution in [2.75, 3.05) is 19.0 Å². The largest absolute Gasteiger partial charge is 0.493 e. The van der Waals surface area contributed by atoms with Crippen LogP contribution in [-0.2, 0) is 4.79 Å². The molecule has 134 valence electrons. The van der Waals surface area contributed by atoms with Crippen molar-refractivity contribution >= 4 is 29.3 Å². The maximum atomic E-state index is 12.4. The van der Waals surface area contributed by atoms with Crippen molar-refractivity contribution in [2.45, 2.75) is 13.8 Å². The SMILES string of the molecule is CCOc1c(Cl)cc(/C=C(/C#N)C(=O)Nc2cccc(C)c2)cc1OC. The zero-order valence-corrected chi connectivity index (χ0v) is 15.6. The smallest absolute Gasteiger partial charge is 0.266 e. The van der Waals surface area contributed by atoms with E-state index in [0.29, 0.717) is 34.4 Å². The number of hydrogen-bond donors (Lipinski definition) is 1. The number of methoxy groups -OCH3 is 1. The highest BCUT2D eigenvalue weighted by molar-refractivity contribution is 6.32. The van der Waals surface area contributed by atoms with E-state index in [4.69, 9.17) is 21.1 Å². The Kier molecular flexibility index (Phi) is 6.65. The number of ether oxygens (including phenoxy) is 2. The van der Waals surface area contributed by atoms with Crippen LogP contribution in [0, 0.1) is 18.3 Å². The first-order chi connectivity index (χ1) is 12.5. The molecule has 0 saturated carbocycles. The topological polar surface area (TPSA) is 71.3 Å². The molecule has 0 aliphatic carbocycles. The third-order valence-electron chi connectivity index (χ3n) is 3.49. The number of amides is 1. The van der Waals surface area contributed by atoms with Crippen molar-refractivity contribution in [3.8, 4) is 17.6 Å². The standard InChI is InChI=1S/C20H19ClN2O3/c1-4-26-19-17(21)10-14(11-18(19)25-3)9-15(12-22)20(24)23-16-7-5-6-13(2)8-16/h5-11H,4H2,1-3H3,(H,23,24)/b15-9-. The monoisotopic (exact) mass is 370 g/mol. The summed E-state index contributed by atoms with van der Waals surface area (Å²) in [6.07, 6.45) is 1.45. The maximum absolute atomic E-state index is 12.4. The van der Waals surface area contributed by atoms with Gasteiger partial charge in [0, 0.05) is 5.69 Å². The summed E-state index contributed by atoms with van der Waals surface area (Å²) in [5.41, 5.74) is 2.15. The van der Waals surface area contributed by atoms with Crippen LogP contribution in [0.1, 0.15) is 18.1 Å². The Labute approximate surface area is 157 Å². The van der Waals surface area contributed by atoms with Gasteiger partial charge in [-0.25, -0.2) is 0 Å². The number of carbonyl (C=O) groups excluding carboxylic acids is 1. The fourth-order valence-corrected chi connectivity index (χ4v) is 2.62. The lowest BCUT2D eigenvalue weighted by atomic mass is 10.1. The summed E-state index contributed by atoms with van der Waals surface area (Å²) in [7, 11) is 1.50. The number of hydrogen-bond acceptors (Lipinski definition) is 4. The van der Waals surface area contributed by atoms with E-state index in [1.807, 2.05) is 38.1 Å². The van der Waals surface area contributed by atoms with Gasteiger partial charge >= 0.3 is 0 Å². The Bertz CT molecular complexity index is 885. The minimum atomic E-state index is -0.498. The summed E-state index contributed by atoms with van der Waals surface area (Å²) in [6, 6.07) is 12.5. The molecule has 1 N–H and O–H groups in total. The molecule has 0 aromatic heterocycles. The van der Waals surface area contributed by atoms with Gasteiger partial charge in [0.15, 0.2) is 11.5 Å². The molecule has 0 aliphatic heterocycles. The highest BCUT2D eigenvalue weighted by Crippen LogP contribution is 2.37. The van der Waals surface area contributed by atoms with Gasteiger partial charge in [0.2, 0.25) is 0 Å². The molecule has 0 unspecified atom stereocenters. The van der Waals surface area contributed by atoms with Crippen molar-refractivity contribution in [3.05, 3.63) is 58.1 Å². The Morgan fingerprint density at radius 2 is 2.12 bits per heavy atom. The zero-order chi connectivity index (χ0) is 19.1. The molecule has 0 saturated heterocycles. The number of halogens is 1. The average molecular weight is 371 g/mol. The number of nitrogens with zero attached hydrogens (tertiary/aromatic N) is 1. The van der Waals surface area contributed by atoms with E-state index in [1.54, 1.807) is 18.2 Å². The first kappa shape index (κ1) is 19.4. The quantitative estimate of drug-likeness (QED) is 0.595. The van der Waals surface area contributed by atoms with E-state index < -0.39 is 5.91 Å². The molecule has 6 heteroatoms. The number of nitrogens with one attached hydrogen (secondary N) is 1. The van der Waals surface area contributed by atoms with Crippen LogP contribution in [0.2, 0.25) is 5.02 Å². The molecule has 0 atom stereocenters. The molecule has 0 fully saturated rings. The Hall–Kier alpha value is -2.97. The fourth-order valence-electron chi connectivity index (χ4n) is 2.34. The summed E-state index contributed by atoms with van der Waals surface area (Å²) in [5.74, 6) is 0.362. The van der Waals surface area contributed by atoms with E-state index in [2.05, 4.69) is 5.32 Å². The van der Waals surface area contributed by atoms with Crippen LogP contribution in [0.5, 0.6) is 11.5 Å². The maximum Gasteiger partial charge on any atom is 0.266 e. The van der Waals surface area contributed by atoms with E-state index in [-0.39, 0.29) is 5.57 Å². The third-order valence-corrected chi connectivity index (χ3v) is 3.77. The van der Waals surface area contributed by atoms with Crippen molar-refractivity contribution in [2.24, 2.45) is 0 Å². The van der Waals surface area contributed by atoms with Gasteiger partial charge in [-0.15, -0.1) is 0 Å². The summed E-state index contributed by atoms with van der Waals surface area (Å²) in [6.45, 7) is 4.20. The minimum Gasteiger partial charge on any atom is -0.493 e. The van der Waals surface area contributed by atoms with Crippen LogP contribution in [0.3, 0.4) is 0 Å². The molecular weight excluding hydrogens is 352 g/mol. The second kappa shape index (κ2) is 8.93. The van der Waals surface area contributed by atoms with Crippen molar-refractivity contribution in [1.29, 1.82) is 5.26 Å². The van der Waals surface area contributed by atoms with Gasteiger partial charge in [-0.2, -0.15) is 5.26 Å². The van der Waals surface area contributed by atoms with Gasteiger partial charge in [-0.1, -0.05) is 23.7 Å². The first-order valence-corrected chi connectivity index (χ1v) is 8.36. The number of aryl methyl sites for hydroxylation is 1. The second-order valence-corrected chi connectivity index (χ2v) is 5.87. The fraction of sp³-hybridized carbons (Fsp3) is 0.200. The van der Waals surface area contributed by atoms with Crippen LogP contribution in [0.25, 0.3) is 6.08 Å². The van der Waals surface area contributed by atoms with E-state index in [0.717, 1.165) is 5.56 Å². The predicted octanol–water partition coefficient (Wildman–Crippen LogP) is 4.60.